The Bertz CT molecular complexity index is 740. The monoisotopic (exact) mass is 374 g/mol. The fourth-order valence-electron chi connectivity index (χ4n) is 2.36. The molecule has 21 heavy (non-hydrogen) atoms. The molecule has 1 heterocycles. The summed E-state index contributed by atoms with van der Waals surface area (Å²) >= 11 is 3.44. The highest BCUT2D eigenvalue weighted by molar-refractivity contribution is 9.10. The van der Waals surface area contributed by atoms with Crippen LogP contribution in [-0.2, 0) is 27.3 Å². The van der Waals surface area contributed by atoms with Crippen LogP contribution in [0.3, 0.4) is 0 Å². The van der Waals surface area contributed by atoms with E-state index in [0.717, 1.165) is 40.4 Å². The zero-order valence-electron chi connectivity index (χ0n) is 12.3. The van der Waals surface area contributed by atoms with Crippen molar-refractivity contribution in [3.63, 3.8) is 0 Å². The Kier molecular flexibility index (Phi) is 5.06. The van der Waals surface area contributed by atoms with Gasteiger partial charge in [-0.25, -0.2) is 4.98 Å². The van der Waals surface area contributed by atoms with E-state index in [2.05, 4.69) is 27.8 Å². The van der Waals surface area contributed by atoms with E-state index in [4.69, 9.17) is 4.18 Å². The molecule has 0 spiro atoms. The lowest BCUT2D eigenvalue weighted by Gasteiger charge is -2.14. The Labute approximate surface area is 133 Å². The van der Waals surface area contributed by atoms with Crippen LogP contribution in [0.25, 0.3) is 11.0 Å². The molecular formula is C14H19BrN2O3S. The lowest BCUT2D eigenvalue weighted by atomic mass is 10.3. The summed E-state index contributed by atoms with van der Waals surface area (Å²) in [6.45, 7) is 4.30. The third-order valence-corrected chi connectivity index (χ3v) is 4.21. The SMILES string of the molecule is CCCc1nc2cc(Br)ccc2n1CC(C)OS(C)(=O)=O. The van der Waals surface area contributed by atoms with Crippen LogP contribution in [0, 0.1) is 0 Å². The zero-order valence-corrected chi connectivity index (χ0v) is 14.7. The third-order valence-electron chi connectivity index (χ3n) is 3.04. The fraction of sp³-hybridized carbons (Fsp3) is 0.500. The Morgan fingerprint density at radius 3 is 2.76 bits per heavy atom. The molecule has 1 unspecified atom stereocenters. The summed E-state index contributed by atoms with van der Waals surface area (Å²) < 4.78 is 30.5. The second-order valence-electron chi connectivity index (χ2n) is 5.13. The molecule has 0 saturated carbocycles. The molecule has 1 aromatic heterocycles. The molecule has 0 bridgehead atoms. The molecule has 0 aliphatic carbocycles. The highest BCUT2D eigenvalue weighted by atomic mass is 79.9. The summed E-state index contributed by atoms with van der Waals surface area (Å²) in [5.41, 5.74) is 1.89. The molecule has 0 saturated heterocycles. The van der Waals surface area contributed by atoms with E-state index >= 15 is 0 Å². The van der Waals surface area contributed by atoms with Crippen LogP contribution in [0.4, 0.5) is 0 Å². The Morgan fingerprint density at radius 1 is 1.43 bits per heavy atom. The number of hydrogen-bond donors (Lipinski definition) is 0. The summed E-state index contributed by atoms with van der Waals surface area (Å²) in [6, 6.07) is 5.91. The first-order chi connectivity index (χ1) is 9.80. The second-order valence-corrected chi connectivity index (χ2v) is 7.65. The van der Waals surface area contributed by atoms with Crippen LogP contribution in [-0.4, -0.2) is 30.3 Å². The third kappa shape index (κ3) is 4.28. The van der Waals surface area contributed by atoms with Crippen molar-refractivity contribution < 1.29 is 12.6 Å². The molecule has 5 nitrogen and oxygen atoms in total. The van der Waals surface area contributed by atoms with Gasteiger partial charge in [0.15, 0.2) is 0 Å². The smallest absolute Gasteiger partial charge is 0.264 e. The fourth-order valence-corrected chi connectivity index (χ4v) is 3.36. The predicted octanol–water partition coefficient (Wildman–Crippen LogP) is 3.12. The van der Waals surface area contributed by atoms with Gasteiger partial charge in [-0.15, -0.1) is 0 Å². The first-order valence-corrected chi connectivity index (χ1v) is 9.44. The number of nitrogens with zero attached hydrogens (tertiary/aromatic N) is 2. The Balaban J connectivity index is 2.38. The van der Waals surface area contributed by atoms with Crippen molar-refractivity contribution >= 4 is 37.1 Å². The maximum absolute atomic E-state index is 11.2. The average molecular weight is 375 g/mol. The molecule has 0 N–H and O–H groups in total. The Hall–Kier alpha value is -0.920. The van der Waals surface area contributed by atoms with Crippen molar-refractivity contribution in [3.05, 3.63) is 28.5 Å². The summed E-state index contributed by atoms with van der Waals surface area (Å²) in [4.78, 5) is 4.64. The standard InChI is InChI=1S/C14H19BrN2O3S/c1-4-5-14-16-12-8-11(15)6-7-13(12)17(14)9-10(2)20-21(3,18)19/h6-8,10H,4-5,9H2,1-3H3. The van der Waals surface area contributed by atoms with Crippen molar-refractivity contribution in [3.8, 4) is 0 Å². The predicted molar refractivity (Wildman–Crippen MR) is 86.8 cm³/mol. The molecule has 0 radical (unpaired) electrons. The number of hydrogen-bond acceptors (Lipinski definition) is 4. The number of fused-ring (bicyclic) bond motifs is 1. The lowest BCUT2D eigenvalue weighted by molar-refractivity contribution is 0.209. The van der Waals surface area contributed by atoms with E-state index in [9.17, 15) is 8.42 Å². The van der Waals surface area contributed by atoms with Gasteiger partial charge in [-0.1, -0.05) is 22.9 Å². The van der Waals surface area contributed by atoms with Gasteiger partial charge >= 0.3 is 0 Å². The van der Waals surface area contributed by atoms with Crippen molar-refractivity contribution in [1.29, 1.82) is 0 Å². The molecule has 7 heteroatoms. The summed E-state index contributed by atoms with van der Waals surface area (Å²) in [7, 11) is -3.45. The van der Waals surface area contributed by atoms with Gasteiger partial charge in [0.1, 0.15) is 5.82 Å². The zero-order chi connectivity index (χ0) is 15.6. The van der Waals surface area contributed by atoms with Crippen LogP contribution in [0.5, 0.6) is 0 Å². The van der Waals surface area contributed by atoms with Gasteiger partial charge in [0.25, 0.3) is 10.1 Å². The van der Waals surface area contributed by atoms with E-state index in [1.54, 1.807) is 6.92 Å². The molecular weight excluding hydrogens is 356 g/mol. The van der Waals surface area contributed by atoms with E-state index in [1.165, 1.54) is 0 Å². The summed E-state index contributed by atoms with van der Waals surface area (Å²) in [6.07, 6.45) is 2.46. The molecule has 1 aromatic carbocycles. The van der Waals surface area contributed by atoms with Crippen LogP contribution in [0.15, 0.2) is 22.7 Å². The Morgan fingerprint density at radius 2 is 2.14 bits per heavy atom. The first kappa shape index (κ1) is 16.5. The van der Waals surface area contributed by atoms with Crippen LogP contribution >= 0.6 is 15.9 Å². The maximum atomic E-state index is 11.2. The van der Waals surface area contributed by atoms with E-state index < -0.39 is 16.2 Å². The molecule has 0 amide bonds. The van der Waals surface area contributed by atoms with Gasteiger partial charge in [0.2, 0.25) is 0 Å². The molecule has 0 fully saturated rings. The number of aryl methyl sites for hydroxylation is 1. The largest absolute Gasteiger partial charge is 0.325 e. The summed E-state index contributed by atoms with van der Waals surface area (Å²) in [5, 5.41) is 0. The molecule has 0 aliphatic heterocycles. The van der Waals surface area contributed by atoms with Crippen molar-refractivity contribution in [2.24, 2.45) is 0 Å². The van der Waals surface area contributed by atoms with Gasteiger partial charge in [-0.3, -0.25) is 4.18 Å². The topological polar surface area (TPSA) is 61.2 Å². The number of imidazole rings is 1. The maximum Gasteiger partial charge on any atom is 0.264 e. The highest BCUT2D eigenvalue weighted by Crippen LogP contribution is 2.22. The second kappa shape index (κ2) is 6.46. The van der Waals surface area contributed by atoms with Crippen molar-refractivity contribution in [2.75, 3.05) is 6.26 Å². The first-order valence-electron chi connectivity index (χ1n) is 6.83. The normalized spacial score (nSPS) is 13.7. The van der Waals surface area contributed by atoms with Crippen LogP contribution in [0.1, 0.15) is 26.1 Å². The number of rotatable bonds is 6. The molecule has 116 valence electrons. The minimum absolute atomic E-state index is 0.434. The molecule has 0 aliphatic rings. The lowest BCUT2D eigenvalue weighted by Crippen LogP contribution is -2.21. The highest BCUT2D eigenvalue weighted by Gasteiger charge is 2.16. The van der Waals surface area contributed by atoms with Crippen LogP contribution in [0.2, 0.25) is 0 Å². The van der Waals surface area contributed by atoms with E-state index in [0.29, 0.717) is 6.54 Å². The van der Waals surface area contributed by atoms with Gasteiger partial charge in [-0.2, -0.15) is 8.42 Å². The molecule has 2 aromatic rings. The van der Waals surface area contributed by atoms with Gasteiger partial charge in [0.05, 0.1) is 29.9 Å². The molecule has 1 atom stereocenters. The minimum Gasteiger partial charge on any atom is -0.325 e. The number of aromatic nitrogens is 2. The minimum atomic E-state index is -3.45. The average Bonchev–Trinajstić information content (AvgIpc) is 2.64. The van der Waals surface area contributed by atoms with Crippen LogP contribution < -0.4 is 0 Å². The molecule has 2 rings (SSSR count). The summed E-state index contributed by atoms with van der Waals surface area (Å²) in [5.74, 6) is 0.953. The quantitative estimate of drug-likeness (QED) is 0.728. The van der Waals surface area contributed by atoms with E-state index in [-0.39, 0.29) is 0 Å². The van der Waals surface area contributed by atoms with E-state index in [1.807, 2.05) is 22.8 Å². The number of halogens is 1. The van der Waals surface area contributed by atoms with Gasteiger partial charge < -0.3 is 4.57 Å². The van der Waals surface area contributed by atoms with Crippen molar-refractivity contribution in [2.45, 2.75) is 39.3 Å². The van der Waals surface area contributed by atoms with Gasteiger partial charge in [-0.05, 0) is 31.5 Å². The van der Waals surface area contributed by atoms with Gasteiger partial charge in [0, 0.05) is 10.9 Å². The van der Waals surface area contributed by atoms with Crippen molar-refractivity contribution in [1.82, 2.24) is 9.55 Å². The number of benzene rings is 1.